The smallest absolute Gasteiger partial charge is 0.00485 e. The molecular formula is C15H31NS. The molecule has 1 nitrogen and oxygen atoms in total. The van der Waals surface area contributed by atoms with Crippen LogP contribution in [0.4, 0.5) is 0 Å². The van der Waals surface area contributed by atoms with Crippen LogP contribution in [-0.4, -0.2) is 29.8 Å². The van der Waals surface area contributed by atoms with Crippen molar-refractivity contribution in [3.63, 3.8) is 0 Å². The van der Waals surface area contributed by atoms with Gasteiger partial charge in [-0.1, -0.05) is 32.6 Å². The molecule has 0 bridgehead atoms. The number of hydrogen-bond acceptors (Lipinski definition) is 2. The summed E-state index contributed by atoms with van der Waals surface area (Å²) in [6.07, 6.45) is 9.75. The van der Waals surface area contributed by atoms with E-state index in [1.807, 2.05) is 0 Å². The lowest BCUT2D eigenvalue weighted by atomic mass is 9.81. The Morgan fingerprint density at radius 1 is 1.12 bits per heavy atom. The van der Waals surface area contributed by atoms with Gasteiger partial charge in [0, 0.05) is 12.6 Å². The third kappa shape index (κ3) is 4.82. The number of thiol groups is 1. The van der Waals surface area contributed by atoms with Crippen LogP contribution in [0.25, 0.3) is 0 Å². The largest absolute Gasteiger partial charge is 0.300 e. The highest BCUT2D eigenvalue weighted by molar-refractivity contribution is 7.80. The van der Waals surface area contributed by atoms with Crippen LogP contribution in [0.15, 0.2) is 0 Å². The molecule has 1 fully saturated rings. The minimum absolute atomic E-state index is 0.499. The third-order valence-corrected chi connectivity index (χ3v) is 4.95. The van der Waals surface area contributed by atoms with E-state index in [2.05, 4.69) is 38.3 Å². The van der Waals surface area contributed by atoms with Crippen molar-refractivity contribution in [2.24, 2.45) is 5.41 Å². The molecule has 1 aliphatic carbocycles. The Kier molecular flexibility index (Phi) is 6.94. The van der Waals surface area contributed by atoms with Crippen LogP contribution in [0.3, 0.4) is 0 Å². The van der Waals surface area contributed by atoms with Gasteiger partial charge in [-0.2, -0.15) is 12.6 Å². The standard InChI is InChI=1S/C15H31NS/c1-4-11-16(14(2)3)12-15(13-17)9-7-5-6-8-10-15/h14,17H,4-13H2,1-3H3. The highest BCUT2D eigenvalue weighted by Crippen LogP contribution is 2.37. The molecule has 0 saturated heterocycles. The van der Waals surface area contributed by atoms with Crippen LogP contribution in [0.1, 0.15) is 65.7 Å². The zero-order valence-corrected chi connectivity index (χ0v) is 12.9. The molecule has 0 unspecified atom stereocenters. The van der Waals surface area contributed by atoms with Gasteiger partial charge in [0.15, 0.2) is 0 Å². The van der Waals surface area contributed by atoms with Crippen LogP contribution in [-0.2, 0) is 0 Å². The maximum atomic E-state index is 4.68. The lowest BCUT2D eigenvalue weighted by Crippen LogP contribution is -2.42. The Morgan fingerprint density at radius 2 is 1.71 bits per heavy atom. The van der Waals surface area contributed by atoms with Crippen molar-refractivity contribution in [1.82, 2.24) is 4.90 Å². The summed E-state index contributed by atoms with van der Waals surface area (Å²) in [5.74, 6) is 1.07. The van der Waals surface area contributed by atoms with E-state index in [-0.39, 0.29) is 0 Å². The Bertz CT molecular complexity index is 195. The molecule has 0 aromatic rings. The molecule has 1 saturated carbocycles. The topological polar surface area (TPSA) is 3.24 Å². The Balaban J connectivity index is 2.63. The van der Waals surface area contributed by atoms with Crippen molar-refractivity contribution in [3.8, 4) is 0 Å². The van der Waals surface area contributed by atoms with Gasteiger partial charge in [0.1, 0.15) is 0 Å². The van der Waals surface area contributed by atoms with Crippen molar-refractivity contribution < 1.29 is 0 Å². The molecule has 102 valence electrons. The van der Waals surface area contributed by atoms with Gasteiger partial charge in [-0.25, -0.2) is 0 Å². The van der Waals surface area contributed by atoms with E-state index in [0.29, 0.717) is 11.5 Å². The van der Waals surface area contributed by atoms with E-state index in [1.165, 1.54) is 58.0 Å². The molecule has 0 radical (unpaired) electrons. The van der Waals surface area contributed by atoms with E-state index in [0.717, 1.165) is 5.75 Å². The molecule has 0 amide bonds. The average Bonchev–Trinajstić information content (AvgIpc) is 2.54. The Labute approximate surface area is 114 Å². The van der Waals surface area contributed by atoms with Crippen molar-refractivity contribution in [1.29, 1.82) is 0 Å². The highest BCUT2D eigenvalue weighted by Gasteiger charge is 2.32. The summed E-state index contributed by atoms with van der Waals surface area (Å²) in [7, 11) is 0. The van der Waals surface area contributed by atoms with Crippen LogP contribution in [0.2, 0.25) is 0 Å². The predicted octanol–water partition coefficient (Wildman–Crippen LogP) is 4.38. The van der Waals surface area contributed by atoms with Crippen molar-refractivity contribution in [2.75, 3.05) is 18.8 Å². The zero-order valence-electron chi connectivity index (χ0n) is 12.0. The van der Waals surface area contributed by atoms with Gasteiger partial charge in [-0.05, 0) is 50.8 Å². The second-order valence-corrected chi connectivity index (χ2v) is 6.45. The normalized spacial score (nSPS) is 20.8. The van der Waals surface area contributed by atoms with Gasteiger partial charge < -0.3 is 4.90 Å². The summed E-state index contributed by atoms with van der Waals surface area (Å²) in [4.78, 5) is 2.67. The fraction of sp³-hybridized carbons (Fsp3) is 1.00. The molecule has 0 aromatic heterocycles. The molecule has 0 heterocycles. The fourth-order valence-electron chi connectivity index (χ4n) is 3.08. The minimum Gasteiger partial charge on any atom is -0.300 e. The van der Waals surface area contributed by atoms with E-state index < -0.39 is 0 Å². The number of nitrogens with zero attached hydrogens (tertiary/aromatic N) is 1. The average molecular weight is 257 g/mol. The highest BCUT2D eigenvalue weighted by atomic mass is 32.1. The number of hydrogen-bond donors (Lipinski definition) is 1. The summed E-state index contributed by atoms with van der Waals surface area (Å²) < 4.78 is 0. The molecule has 0 N–H and O–H groups in total. The van der Waals surface area contributed by atoms with Crippen molar-refractivity contribution in [2.45, 2.75) is 71.8 Å². The zero-order chi connectivity index (χ0) is 12.7. The van der Waals surface area contributed by atoms with Crippen molar-refractivity contribution >= 4 is 12.6 Å². The first-order valence-corrected chi connectivity index (χ1v) is 8.12. The first kappa shape index (κ1) is 15.4. The molecule has 1 rings (SSSR count). The quantitative estimate of drug-likeness (QED) is 0.546. The van der Waals surface area contributed by atoms with E-state index in [9.17, 15) is 0 Å². The molecule has 0 spiro atoms. The van der Waals surface area contributed by atoms with Crippen LogP contribution in [0, 0.1) is 5.41 Å². The van der Waals surface area contributed by atoms with Gasteiger partial charge in [-0.3, -0.25) is 0 Å². The SMILES string of the molecule is CCCN(CC1(CS)CCCCCC1)C(C)C. The first-order chi connectivity index (χ1) is 8.13. The molecule has 0 atom stereocenters. The monoisotopic (exact) mass is 257 g/mol. The maximum Gasteiger partial charge on any atom is 0.00485 e. The van der Waals surface area contributed by atoms with Gasteiger partial charge >= 0.3 is 0 Å². The van der Waals surface area contributed by atoms with E-state index >= 15 is 0 Å². The fourth-order valence-corrected chi connectivity index (χ4v) is 3.50. The molecule has 0 aromatic carbocycles. The summed E-state index contributed by atoms with van der Waals surface area (Å²) in [5, 5.41) is 0. The second kappa shape index (κ2) is 7.68. The van der Waals surface area contributed by atoms with Crippen LogP contribution >= 0.6 is 12.6 Å². The lowest BCUT2D eigenvalue weighted by molar-refractivity contribution is 0.123. The molecular weight excluding hydrogens is 226 g/mol. The molecule has 1 aliphatic rings. The van der Waals surface area contributed by atoms with E-state index in [4.69, 9.17) is 0 Å². The van der Waals surface area contributed by atoms with Crippen LogP contribution in [0.5, 0.6) is 0 Å². The minimum atomic E-state index is 0.499. The maximum absolute atomic E-state index is 4.68. The summed E-state index contributed by atoms with van der Waals surface area (Å²) in [6, 6.07) is 0.676. The summed E-state index contributed by atoms with van der Waals surface area (Å²) in [6.45, 7) is 9.46. The number of rotatable bonds is 6. The molecule has 2 heteroatoms. The third-order valence-electron chi connectivity index (χ3n) is 4.28. The van der Waals surface area contributed by atoms with Gasteiger partial charge in [-0.15, -0.1) is 0 Å². The van der Waals surface area contributed by atoms with Gasteiger partial charge in [0.25, 0.3) is 0 Å². The van der Waals surface area contributed by atoms with E-state index in [1.54, 1.807) is 0 Å². The van der Waals surface area contributed by atoms with Crippen LogP contribution < -0.4 is 0 Å². The second-order valence-electron chi connectivity index (χ2n) is 6.14. The summed E-state index contributed by atoms with van der Waals surface area (Å²) >= 11 is 4.68. The molecule has 0 aliphatic heterocycles. The predicted molar refractivity (Wildman–Crippen MR) is 81.0 cm³/mol. The first-order valence-electron chi connectivity index (χ1n) is 7.48. The Morgan fingerprint density at radius 3 is 2.12 bits per heavy atom. The molecule has 17 heavy (non-hydrogen) atoms. The lowest BCUT2D eigenvalue weighted by Gasteiger charge is -2.39. The van der Waals surface area contributed by atoms with Crippen molar-refractivity contribution in [3.05, 3.63) is 0 Å². The van der Waals surface area contributed by atoms with Gasteiger partial charge in [0.05, 0.1) is 0 Å². The van der Waals surface area contributed by atoms with Gasteiger partial charge in [0.2, 0.25) is 0 Å². The summed E-state index contributed by atoms with van der Waals surface area (Å²) in [5.41, 5.74) is 0.499. The Hall–Kier alpha value is 0.310.